The molecule has 4 heteroatoms. The molecule has 0 aliphatic heterocycles. The predicted octanol–water partition coefficient (Wildman–Crippen LogP) is 3.10. The van der Waals surface area contributed by atoms with Crippen LogP contribution in [0.2, 0.25) is 0 Å². The molecule has 3 nitrogen and oxygen atoms in total. The summed E-state index contributed by atoms with van der Waals surface area (Å²) in [6.45, 7) is 2.11. The molecule has 1 aromatic heterocycles. The van der Waals surface area contributed by atoms with Gasteiger partial charge in [-0.05, 0) is 41.8 Å². The van der Waals surface area contributed by atoms with Crippen molar-refractivity contribution < 1.29 is 8.42 Å². The van der Waals surface area contributed by atoms with Crippen LogP contribution in [0.1, 0.15) is 19.0 Å². The van der Waals surface area contributed by atoms with Crippen molar-refractivity contribution in [3.05, 3.63) is 48.3 Å². The van der Waals surface area contributed by atoms with Crippen LogP contribution in [0.25, 0.3) is 11.1 Å². The molecule has 2 aromatic rings. The largest absolute Gasteiger partial charge is 0.261 e. The fourth-order valence-electron chi connectivity index (χ4n) is 1.96. The number of rotatable bonds is 4. The summed E-state index contributed by atoms with van der Waals surface area (Å²) in [6, 6.07) is 10.9. The molecule has 0 spiro atoms. The fourth-order valence-corrected chi connectivity index (χ4v) is 2.62. The van der Waals surface area contributed by atoms with E-state index in [-0.39, 0.29) is 0 Å². The molecule has 0 radical (unpaired) electrons. The number of hydrogen-bond acceptors (Lipinski definition) is 3. The minimum Gasteiger partial charge on any atom is -0.261 e. The molecule has 100 valence electrons. The molecule has 0 fully saturated rings. The lowest BCUT2D eigenvalue weighted by atomic mass is 10.1. The van der Waals surface area contributed by atoms with Gasteiger partial charge in [-0.3, -0.25) is 4.98 Å². The third kappa shape index (κ3) is 3.41. The Kier molecular flexibility index (Phi) is 4.00. The van der Waals surface area contributed by atoms with Gasteiger partial charge in [-0.15, -0.1) is 0 Å². The van der Waals surface area contributed by atoms with Gasteiger partial charge in [0.05, 0.1) is 4.90 Å². The van der Waals surface area contributed by atoms with Gasteiger partial charge < -0.3 is 0 Å². The summed E-state index contributed by atoms with van der Waals surface area (Å²) < 4.78 is 23.1. The van der Waals surface area contributed by atoms with Crippen molar-refractivity contribution in [2.75, 3.05) is 6.26 Å². The van der Waals surface area contributed by atoms with Gasteiger partial charge in [-0.1, -0.05) is 25.5 Å². The van der Waals surface area contributed by atoms with E-state index in [1.807, 2.05) is 18.2 Å². The molecule has 2 rings (SSSR count). The third-order valence-electron chi connectivity index (χ3n) is 2.92. The van der Waals surface area contributed by atoms with Gasteiger partial charge >= 0.3 is 0 Å². The molecule has 1 aromatic carbocycles. The van der Waals surface area contributed by atoms with Gasteiger partial charge in [-0.2, -0.15) is 0 Å². The zero-order valence-corrected chi connectivity index (χ0v) is 11.9. The minimum absolute atomic E-state index is 0.346. The Bertz CT molecular complexity index is 678. The average Bonchev–Trinajstić information content (AvgIpc) is 2.39. The Morgan fingerprint density at radius 3 is 2.53 bits per heavy atom. The molecular formula is C15H17NO2S. The molecular weight excluding hydrogens is 258 g/mol. The highest BCUT2D eigenvalue weighted by molar-refractivity contribution is 7.90. The lowest BCUT2D eigenvalue weighted by Crippen LogP contribution is -1.97. The highest BCUT2D eigenvalue weighted by atomic mass is 32.2. The summed E-state index contributed by atoms with van der Waals surface area (Å²) >= 11 is 0. The average molecular weight is 275 g/mol. The summed E-state index contributed by atoms with van der Waals surface area (Å²) in [5, 5.41) is 0. The molecule has 0 amide bonds. The van der Waals surface area contributed by atoms with E-state index >= 15 is 0 Å². The Morgan fingerprint density at radius 1 is 1.11 bits per heavy atom. The van der Waals surface area contributed by atoms with Crippen LogP contribution >= 0.6 is 0 Å². The maximum atomic E-state index is 11.6. The second-order valence-corrected chi connectivity index (χ2v) is 6.60. The molecule has 0 saturated heterocycles. The van der Waals surface area contributed by atoms with Crippen LogP contribution in [0.5, 0.6) is 0 Å². The summed E-state index contributed by atoms with van der Waals surface area (Å²) in [4.78, 5) is 4.65. The van der Waals surface area contributed by atoms with Gasteiger partial charge in [0, 0.05) is 18.1 Å². The van der Waals surface area contributed by atoms with Gasteiger partial charge in [0.2, 0.25) is 0 Å². The first-order valence-corrected chi connectivity index (χ1v) is 8.15. The standard InChI is InChI=1S/C15H17NO2S/c1-3-5-14-10-13(8-9-16-14)12-6-4-7-15(11-12)19(2,17)18/h4,6-11H,3,5H2,1-2H3. The van der Waals surface area contributed by atoms with Crippen molar-refractivity contribution >= 4 is 9.84 Å². The Labute approximate surface area is 114 Å². The maximum Gasteiger partial charge on any atom is 0.175 e. The van der Waals surface area contributed by atoms with E-state index < -0.39 is 9.84 Å². The van der Waals surface area contributed by atoms with Crippen LogP contribution in [0.4, 0.5) is 0 Å². The number of aromatic nitrogens is 1. The number of nitrogens with zero attached hydrogens (tertiary/aromatic N) is 1. The van der Waals surface area contributed by atoms with Crippen molar-refractivity contribution in [3.63, 3.8) is 0 Å². The molecule has 0 aliphatic rings. The molecule has 0 aliphatic carbocycles. The van der Waals surface area contributed by atoms with E-state index in [0.717, 1.165) is 29.7 Å². The lowest BCUT2D eigenvalue weighted by molar-refractivity contribution is 0.602. The molecule has 0 bridgehead atoms. The Morgan fingerprint density at radius 2 is 1.84 bits per heavy atom. The van der Waals surface area contributed by atoms with Crippen molar-refractivity contribution in [2.45, 2.75) is 24.7 Å². The van der Waals surface area contributed by atoms with Crippen LogP contribution in [0.15, 0.2) is 47.5 Å². The highest BCUT2D eigenvalue weighted by Crippen LogP contribution is 2.23. The van der Waals surface area contributed by atoms with E-state index in [1.165, 1.54) is 6.26 Å². The summed E-state index contributed by atoms with van der Waals surface area (Å²) in [6.07, 6.45) is 4.97. The highest BCUT2D eigenvalue weighted by Gasteiger charge is 2.08. The second kappa shape index (κ2) is 5.53. The van der Waals surface area contributed by atoms with E-state index in [0.29, 0.717) is 4.90 Å². The van der Waals surface area contributed by atoms with Crippen LogP contribution in [-0.4, -0.2) is 19.7 Å². The van der Waals surface area contributed by atoms with Gasteiger partial charge in [0.1, 0.15) is 0 Å². The number of sulfone groups is 1. The van der Waals surface area contributed by atoms with Crippen molar-refractivity contribution in [2.24, 2.45) is 0 Å². The fraction of sp³-hybridized carbons (Fsp3) is 0.267. The smallest absolute Gasteiger partial charge is 0.175 e. The van der Waals surface area contributed by atoms with Crippen LogP contribution in [0.3, 0.4) is 0 Å². The van der Waals surface area contributed by atoms with Crippen molar-refractivity contribution in [1.82, 2.24) is 4.98 Å². The van der Waals surface area contributed by atoms with Gasteiger partial charge in [0.25, 0.3) is 0 Å². The minimum atomic E-state index is -3.17. The zero-order valence-electron chi connectivity index (χ0n) is 11.1. The van der Waals surface area contributed by atoms with Crippen LogP contribution in [0, 0.1) is 0 Å². The first kappa shape index (κ1) is 13.7. The first-order valence-electron chi connectivity index (χ1n) is 6.26. The quantitative estimate of drug-likeness (QED) is 0.861. The number of aryl methyl sites for hydroxylation is 1. The third-order valence-corrected chi connectivity index (χ3v) is 4.03. The monoisotopic (exact) mass is 275 g/mol. The van der Waals surface area contributed by atoms with Crippen LogP contribution < -0.4 is 0 Å². The Balaban J connectivity index is 2.44. The van der Waals surface area contributed by atoms with E-state index in [1.54, 1.807) is 24.4 Å². The molecule has 0 atom stereocenters. The number of benzene rings is 1. The molecule has 0 unspecified atom stereocenters. The molecule has 19 heavy (non-hydrogen) atoms. The maximum absolute atomic E-state index is 11.6. The molecule has 0 N–H and O–H groups in total. The van der Waals surface area contributed by atoms with E-state index in [2.05, 4.69) is 11.9 Å². The summed E-state index contributed by atoms with van der Waals surface area (Å²) in [7, 11) is -3.17. The Hall–Kier alpha value is -1.68. The first-order chi connectivity index (χ1) is 9.00. The molecule has 1 heterocycles. The topological polar surface area (TPSA) is 47.0 Å². The summed E-state index contributed by atoms with van der Waals surface area (Å²) in [5.74, 6) is 0. The number of hydrogen-bond donors (Lipinski definition) is 0. The van der Waals surface area contributed by atoms with Gasteiger partial charge in [0.15, 0.2) is 9.84 Å². The van der Waals surface area contributed by atoms with Crippen LogP contribution in [-0.2, 0) is 16.3 Å². The number of pyridine rings is 1. The summed E-state index contributed by atoms with van der Waals surface area (Å²) in [5.41, 5.74) is 2.94. The van der Waals surface area contributed by atoms with E-state index in [9.17, 15) is 8.42 Å². The van der Waals surface area contributed by atoms with Crippen molar-refractivity contribution in [3.8, 4) is 11.1 Å². The predicted molar refractivity (Wildman–Crippen MR) is 76.8 cm³/mol. The van der Waals surface area contributed by atoms with Gasteiger partial charge in [-0.25, -0.2) is 8.42 Å². The lowest BCUT2D eigenvalue weighted by Gasteiger charge is -2.06. The van der Waals surface area contributed by atoms with E-state index in [4.69, 9.17) is 0 Å². The zero-order chi connectivity index (χ0) is 13.9. The molecule has 0 saturated carbocycles. The SMILES string of the molecule is CCCc1cc(-c2cccc(S(C)(=O)=O)c2)ccn1. The van der Waals surface area contributed by atoms with Crippen molar-refractivity contribution in [1.29, 1.82) is 0 Å². The normalized spacial score (nSPS) is 11.5. The second-order valence-electron chi connectivity index (χ2n) is 4.59.